The van der Waals surface area contributed by atoms with Gasteiger partial charge < -0.3 is 20.1 Å². The molecule has 2 heterocycles. The first kappa shape index (κ1) is 11.8. The van der Waals surface area contributed by atoms with Gasteiger partial charge in [-0.2, -0.15) is 0 Å². The summed E-state index contributed by atoms with van der Waals surface area (Å²) in [6.45, 7) is 5.50. The summed E-state index contributed by atoms with van der Waals surface area (Å²) in [7, 11) is 0. The molecule has 0 spiro atoms. The second-order valence-corrected chi connectivity index (χ2v) is 4.45. The monoisotopic (exact) mass is 228 g/mol. The van der Waals surface area contributed by atoms with Gasteiger partial charge in [0.05, 0.1) is 19.3 Å². The molecule has 0 aromatic rings. The van der Waals surface area contributed by atoms with Crippen LogP contribution in [0.4, 0.5) is 0 Å². The van der Waals surface area contributed by atoms with E-state index >= 15 is 0 Å². The van der Waals surface area contributed by atoms with Crippen LogP contribution >= 0.6 is 0 Å². The zero-order valence-corrected chi connectivity index (χ0v) is 9.70. The Hall–Kier alpha value is -0.650. The molecule has 0 aromatic carbocycles. The van der Waals surface area contributed by atoms with Crippen molar-refractivity contribution in [3.05, 3.63) is 0 Å². The van der Waals surface area contributed by atoms with Gasteiger partial charge in [-0.25, -0.2) is 0 Å². The van der Waals surface area contributed by atoms with E-state index in [1.807, 2.05) is 0 Å². The molecular weight excluding hydrogens is 208 g/mol. The number of carbonyl (C=O) groups is 1. The van der Waals surface area contributed by atoms with Crippen molar-refractivity contribution in [2.45, 2.75) is 25.5 Å². The average molecular weight is 228 g/mol. The second kappa shape index (κ2) is 5.61. The van der Waals surface area contributed by atoms with Crippen LogP contribution in [0.1, 0.15) is 13.3 Å². The zero-order valence-electron chi connectivity index (χ0n) is 9.70. The fourth-order valence-electron chi connectivity index (χ4n) is 2.13. The predicted octanol–water partition coefficient (Wildman–Crippen LogP) is -0.484. The number of morpholine rings is 1. The molecule has 2 rings (SSSR count). The van der Waals surface area contributed by atoms with Gasteiger partial charge >= 0.3 is 0 Å². The van der Waals surface area contributed by atoms with Crippen molar-refractivity contribution < 1.29 is 14.3 Å². The lowest BCUT2D eigenvalue weighted by atomic mass is 10.0. The van der Waals surface area contributed by atoms with Crippen LogP contribution < -0.4 is 10.6 Å². The SMILES string of the molecule is CC1OCCC1CNC(=O)C1COCCN1. The van der Waals surface area contributed by atoms with Crippen LogP contribution in [0.3, 0.4) is 0 Å². The normalized spacial score (nSPS) is 34.9. The van der Waals surface area contributed by atoms with Gasteiger partial charge in [0.15, 0.2) is 0 Å². The van der Waals surface area contributed by atoms with E-state index in [-0.39, 0.29) is 18.1 Å². The summed E-state index contributed by atoms with van der Waals surface area (Å²) < 4.78 is 10.7. The Balaban J connectivity index is 1.70. The highest BCUT2D eigenvalue weighted by Crippen LogP contribution is 2.19. The van der Waals surface area contributed by atoms with Crippen molar-refractivity contribution in [2.75, 3.05) is 32.9 Å². The fourth-order valence-corrected chi connectivity index (χ4v) is 2.13. The molecule has 0 aromatic heterocycles. The summed E-state index contributed by atoms with van der Waals surface area (Å²) in [6, 6.07) is -0.189. The van der Waals surface area contributed by atoms with E-state index in [9.17, 15) is 4.79 Å². The number of amides is 1. The van der Waals surface area contributed by atoms with Crippen LogP contribution in [-0.4, -0.2) is 51.0 Å². The minimum Gasteiger partial charge on any atom is -0.378 e. The molecule has 0 radical (unpaired) electrons. The van der Waals surface area contributed by atoms with E-state index < -0.39 is 0 Å². The fraction of sp³-hybridized carbons (Fsp3) is 0.909. The first-order chi connectivity index (χ1) is 7.77. The summed E-state index contributed by atoms with van der Waals surface area (Å²) >= 11 is 0. The number of hydrogen-bond donors (Lipinski definition) is 2. The molecule has 2 N–H and O–H groups in total. The molecular formula is C11H20N2O3. The van der Waals surface area contributed by atoms with Gasteiger partial charge in [0.1, 0.15) is 6.04 Å². The molecule has 3 unspecified atom stereocenters. The molecule has 0 saturated carbocycles. The second-order valence-electron chi connectivity index (χ2n) is 4.45. The van der Waals surface area contributed by atoms with Crippen molar-refractivity contribution in [1.82, 2.24) is 10.6 Å². The molecule has 1 amide bonds. The van der Waals surface area contributed by atoms with E-state index in [0.29, 0.717) is 25.7 Å². The lowest BCUT2D eigenvalue weighted by molar-refractivity contribution is -0.126. The molecule has 3 atom stereocenters. The Morgan fingerprint density at radius 3 is 3.00 bits per heavy atom. The van der Waals surface area contributed by atoms with Crippen molar-refractivity contribution >= 4 is 5.91 Å². The molecule has 16 heavy (non-hydrogen) atoms. The molecule has 92 valence electrons. The number of hydrogen-bond acceptors (Lipinski definition) is 4. The Kier molecular flexibility index (Phi) is 4.15. The summed E-state index contributed by atoms with van der Waals surface area (Å²) in [6.07, 6.45) is 1.30. The van der Waals surface area contributed by atoms with Gasteiger partial charge in [0.2, 0.25) is 5.91 Å². The van der Waals surface area contributed by atoms with Crippen LogP contribution in [0.2, 0.25) is 0 Å². The van der Waals surface area contributed by atoms with Gasteiger partial charge in [0, 0.05) is 25.6 Å². The molecule has 2 aliphatic heterocycles. The van der Waals surface area contributed by atoms with Crippen molar-refractivity contribution in [3.63, 3.8) is 0 Å². The Labute approximate surface area is 95.9 Å². The van der Waals surface area contributed by atoms with Gasteiger partial charge in [-0.15, -0.1) is 0 Å². The van der Waals surface area contributed by atoms with E-state index in [1.165, 1.54) is 0 Å². The minimum absolute atomic E-state index is 0.0406. The van der Waals surface area contributed by atoms with E-state index in [4.69, 9.17) is 9.47 Å². The standard InChI is InChI=1S/C11H20N2O3/c1-8-9(2-4-16-8)6-13-11(14)10-7-15-5-3-12-10/h8-10,12H,2-7H2,1H3,(H,13,14). The molecule has 2 aliphatic rings. The third-order valence-electron chi connectivity index (χ3n) is 3.31. The minimum atomic E-state index is -0.189. The van der Waals surface area contributed by atoms with Crippen LogP contribution in [0.15, 0.2) is 0 Å². The Bertz CT molecular complexity index is 241. The summed E-state index contributed by atoms with van der Waals surface area (Å²) in [5.74, 6) is 0.493. The van der Waals surface area contributed by atoms with Crippen LogP contribution in [0, 0.1) is 5.92 Å². The summed E-state index contributed by atoms with van der Waals surface area (Å²) in [4.78, 5) is 11.8. The number of rotatable bonds is 3. The topological polar surface area (TPSA) is 59.6 Å². The van der Waals surface area contributed by atoms with Gasteiger partial charge in [0.25, 0.3) is 0 Å². The third kappa shape index (κ3) is 2.93. The largest absolute Gasteiger partial charge is 0.378 e. The maximum atomic E-state index is 11.8. The quantitative estimate of drug-likeness (QED) is 0.685. The maximum absolute atomic E-state index is 11.8. The zero-order chi connectivity index (χ0) is 11.4. The van der Waals surface area contributed by atoms with Crippen molar-refractivity contribution in [3.8, 4) is 0 Å². The maximum Gasteiger partial charge on any atom is 0.239 e. The van der Waals surface area contributed by atoms with Crippen LogP contribution in [0.5, 0.6) is 0 Å². The Morgan fingerprint density at radius 1 is 1.50 bits per heavy atom. The molecule has 2 saturated heterocycles. The first-order valence-corrected chi connectivity index (χ1v) is 5.98. The average Bonchev–Trinajstić information content (AvgIpc) is 2.73. The highest BCUT2D eigenvalue weighted by atomic mass is 16.5. The number of carbonyl (C=O) groups excluding carboxylic acids is 1. The van der Waals surface area contributed by atoms with Gasteiger partial charge in [-0.05, 0) is 13.3 Å². The molecule has 5 nitrogen and oxygen atoms in total. The van der Waals surface area contributed by atoms with Crippen LogP contribution in [0.25, 0.3) is 0 Å². The molecule has 0 aliphatic carbocycles. The third-order valence-corrected chi connectivity index (χ3v) is 3.31. The molecule has 5 heteroatoms. The Morgan fingerprint density at radius 2 is 2.38 bits per heavy atom. The first-order valence-electron chi connectivity index (χ1n) is 5.98. The number of nitrogens with one attached hydrogen (secondary N) is 2. The van der Waals surface area contributed by atoms with Crippen LogP contribution in [-0.2, 0) is 14.3 Å². The highest BCUT2D eigenvalue weighted by Gasteiger charge is 2.26. The van der Waals surface area contributed by atoms with E-state index in [1.54, 1.807) is 0 Å². The lowest BCUT2D eigenvalue weighted by Crippen LogP contribution is -2.52. The predicted molar refractivity (Wildman–Crippen MR) is 59.1 cm³/mol. The number of ether oxygens (including phenoxy) is 2. The smallest absolute Gasteiger partial charge is 0.239 e. The summed E-state index contributed by atoms with van der Waals surface area (Å²) in [5, 5.41) is 6.10. The highest BCUT2D eigenvalue weighted by molar-refractivity contribution is 5.81. The van der Waals surface area contributed by atoms with Crippen molar-refractivity contribution in [1.29, 1.82) is 0 Å². The lowest BCUT2D eigenvalue weighted by Gasteiger charge is -2.24. The molecule has 0 bridgehead atoms. The molecule has 2 fully saturated rings. The summed E-state index contributed by atoms with van der Waals surface area (Å²) in [5.41, 5.74) is 0. The van der Waals surface area contributed by atoms with E-state index in [2.05, 4.69) is 17.6 Å². The van der Waals surface area contributed by atoms with Crippen molar-refractivity contribution in [2.24, 2.45) is 5.92 Å². The van der Waals surface area contributed by atoms with E-state index in [0.717, 1.165) is 19.6 Å². The van der Waals surface area contributed by atoms with Gasteiger partial charge in [-0.3, -0.25) is 4.79 Å². The van der Waals surface area contributed by atoms with Gasteiger partial charge in [-0.1, -0.05) is 0 Å².